The first-order valence-corrected chi connectivity index (χ1v) is 11.6. The summed E-state index contributed by atoms with van der Waals surface area (Å²) in [7, 11) is 0. The lowest BCUT2D eigenvalue weighted by Gasteiger charge is -2.52. The molecule has 0 N–H and O–H groups in total. The third kappa shape index (κ3) is 3.28. The average Bonchev–Trinajstić information content (AvgIpc) is 2.91. The van der Waals surface area contributed by atoms with E-state index in [4.69, 9.17) is 4.74 Å². The number of rotatable bonds is 3. The van der Waals surface area contributed by atoms with Gasteiger partial charge < -0.3 is 4.74 Å². The van der Waals surface area contributed by atoms with Crippen molar-refractivity contribution in [3.05, 3.63) is 22.8 Å². The molecule has 2 fully saturated rings. The second kappa shape index (κ2) is 6.90. The Labute approximate surface area is 176 Å². The van der Waals surface area contributed by atoms with Crippen molar-refractivity contribution in [2.75, 3.05) is 0 Å². The summed E-state index contributed by atoms with van der Waals surface area (Å²) in [5.74, 6) is 1.78. The number of carbonyl (C=O) groups is 2. The number of hydrogen-bond acceptors (Lipinski definition) is 3. The maximum atomic E-state index is 13.6. The van der Waals surface area contributed by atoms with Gasteiger partial charge in [-0.3, -0.25) is 9.59 Å². The summed E-state index contributed by atoms with van der Waals surface area (Å²) in [5.41, 5.74) is 3.89. The zero-order valence-electron chi connectivity index (χ0n) is 19.2. The topological polar surface area (TPSA) is 43.4 Å². The van der Waals surface area contributed by atoms with E-state index in [0.717, 1.165) is 44.9 Å². The highest BCUT2D eigenvalue weighted by Gasteiger charge is 2.62. The maximum absolute atomic E-state index is 13.6. The largest absolute Gasteiger partial charge is 0.365 e. The molecule has 3 heteroatoms. The summed E-state index contributed by atoms with van der Waals surface area (Å²) >= 11 is 0. The van der Waals surface area contributed by atoms with Crippen molar-refractivity contribution in [1.82, 2.24) is 0 Å². The van der Waals surface area contributed by atoms with Crippen molar-refractivity contribution in [1.29, 1.82) is 0 Å². The average molecular weight is 399 g/mol. The third-order valence-electron chi connectivity index (χ3n) is 8.78. The van der Waals surface area contributed by atoms with Gasteiger partial charge in [0.25, 0.3) is 0 Å². The molecule has 0 aromatic rings. The molecule has 4 rings (SSSR count). The van der Waals surface area contributed by atoms with Crippen LogP contribution in [0.5, 0.6) is 0 Å². The van der Waals surface area contributed by atoms with Crippen LogP contribution in [-0.2, 0) is 14.3 Å². The van der Waals surface area contributed by atoms with E-state index in [1.807, 2.05) is 33.8 Å². The molecule has 29 heavy (non-hydrogen) atoms. The molecule has 0 radical (unpaired) electrons. The fourth-order valence-electron chi connectivity index (χ4n) is 7.24. The van der Waals surface area contributed by atoms with Gasteiger partial charge in [-0.15, -0.1) is 0 Å². The van der Waals surface area contributed by atoms with E-state index in [0.29, 0.717) is 29.8 Å². The lowest BCUT2D eigenvalue weighted by atomic mass is 9.51. The molecule has 4 aliphatic rings. The van der Waals surface area contributed by atoms with Crippen LogP contribution in [0, 0.1) is 22.7 Å². The Morgan fingerprint density at radius 1 is 1.10 bits per heavy atom. The molecule has 4 aliphatic carbocycles. The van der Waals surface area contributed by atoms with Crippen molar-refractivity contribution in [3.63, 3.8) is 0 Å². The minimum Gasteiger partial charge on any atom is -0.365 e. The minimum absolute atomic E-state index is 0.0417. The maximum Gasteiger partial charge on any atom is 0.167 e. The predicted molar refractivity (Wildman–Crippen MR) is 116 cm³/mol. The Morgan fingerprint density at radius 2 is 1.83 bits per heavy atom. The zero-order valence-corrected chi connectivity index (χ0v) is 19.2. The predicted octanol–water partition coefficient (Wildman–Crippen LogP) is 5.97. The SMILES string of the molecule is CC(OC(C)(C)C)C(=O)C1(C)CCC2C3CCC4=CC(=O)CCC4=C3CCC21C. The van der Waals surface area contributed by atoms with Crippen LogP contribution in [0.2, 0.25) is 0 Å². The van der Waals surface area contributed by atoms with Gasteiger partial charge in [0.05, 0.1) is 5.60 Å². The molecule has 5 unspecified atom stereocenters. The van der Waals surface area contributed by atoms with Crippen LogP contribution < -0.4 is 0 Å². The highest BCUT2D eigenvalue weighted by atomic mass is 16.5. The molecule has 160 valence electrons. The second-order valence-corrected chi connectivity index (χ2v) is 11.4. The van der Waals surface area contributed by atoms with Gasteiger partial charge in [-0.1, -0.05) is 19.4 Å². The number of hydrogen-bond donors (Lipinski definition) is 0. The molecule has 3 nitrogen and oxygen atoms in total. The lowest BCUT2D eigenvalue weighted by molar-refractivity contribution is -0.155. The molecule has 0 aliphatic heterocycles. The summed E-state index contributed by atoms with van der Waals surface area (Å²) < 4.78 is 6.09. The Bertz CT molecular complexity index is 795. The Kier molecular flexibility index (Phi) is 5.01. The summed E-state index contributed by atoms with van der Waals surface area (Å²) in [5, 5.41) is 0. The first-order chi connectivity index (χ1) is 13.5. The summed E-state index contributed by atoms with van der Waals surface area (Å²) in [6.45, 7) is 12.6. The van der Waals surface area contributed by atoms with Crippen molar-refractivity contribution in [3.8, 4) is 0 Å². The van der Waals surface area contributed by atoms with Gasteiger partial charge in [0.1, 0.15) is 6.10 Å². The van der Waals surface area contributed by atoms with Crippen LogP contribution in [0.25, 0.3) is 0 Å². The smallest absolute Gasteiger partial charge is 0.167 e. The van der Waals surface area contributed by atoms with Gasteiger partial charge in [-0.05, 0) is 107 Å². The fourth-order valence-corrected chi connectivity index (χ4v) is 7.24. The molecule has 0 aromatic carbocycles. The summed E-state index contributed by atoms with van der Waals surface area (Å²) in [4.78, 5) is 25.5. The fraction of sp³-hybridized carbons (Fsp3) is 0.769. The highest BCUT2D eigenvalue weighted by Crippen LogP contribution is 2.67. The van der Waals surface area contributed by atoms with E-state index in [-0.39, 0.29) is 22.5 Å². The van der Waals surface area contributed by atoms with Gasteiger partial charge in [0, 0.05) is 11.8 Å². The third-order valence-corrected chi connectivity index (χ3v) is 8.78. The monoisotopic (exact) mass is 398 g/mol. The van der Waals surface area contributed by atoms with Crippen molar-refractivity contribution in [2.45, 2.75) is 105 Å². The number of allylic oxidation sites excluding steroid dienone is 4. The molecular weight excluding hydrogens is 360 g/mol. The summed E-state index contributed by atoms with van der Waals surface area (Å²) in [6, 6.07) is 0. The van der Waals surface area contributed by atoms with E-state index in [1.165, 1.54) is 11.1 Å². The Hall–Kier alpha value is -1.22. The Morgan fingerprint density at radius 3 is 2.52 bits per heavy atom. The van der Waals surface area contributed by atoms with Crippen molar-refractivity contribution >= 4 is 11.6 Å². The second-order valence-electron chi connectivity index (χ2n) is 11.4. The van der Waals surface area contributed by atoms with E-state index in [2.05, 4.69) is 13.8 Å². The molecule has 0 heterocycles. The van der Waals surface area contributed by atoms with Gasteiger partial charge >= 0.3 is 0 Å². The van der Waals surface area contributed by atoms with Crippen LogP contribution in [0.4, 0.5) is 0 Å². The Balaban J connectivity index is 1.63. The van der Waals surface area contributed by atoms with Gasteiger partial charge in [0.15, 0.2) is 11.6 Å². The first kappa shape index (κ1) is 21.0. The molecular formula is C26H38O3. The molecule has 2 saturated carbocycles. The van der Waals surface area contributed by atoms with Gasteiger partial charge in [-0.25, -0.2) is 0 Å². The van der Waals surface area contributed by atoms with Crippen LogP contribution in [0.1, 0.15) is 92.9 Å². The van der Waals surface area contributed by atoms with E-state index >= 15 is 0 Å². The quantitative estimate of drug-likeness (QED) is 0.588. The number of fused-ring (bicyclic) bond motifs is 4. The van der Waals surface area contributed by atoms with Crippen LogP contribution in [0.15, 0.2) is 22.8 Å². The molecule has 0 saturated heterocycles. The number of ketones is 2. The van der Waals surface area contributed by atoms with E-state index in [1.54, 1.807) is 5.57 Å². The van der Waals surface area contributed by atoms with Crippen molar-refractivity contribution in [2.24, 2.45) is 22.7 Å². The number of Topliss-reactive ketones (excluding diaryl/α,β-unsaturated/α-hetero) is 1. The zero-order chi connectivity index (χ0) is 21.2. The van der Waals surface area contributed by atoms with Crippen LogP contribution >= 0.6 is 0 Å². The molecule has 0 aromatic heterocycles. The molecule has 0 spiro atoms. The first-order valence-electron chi connectivity index (χ1n) is 11.6. The van der Waals surface area contributed by atoms with E-state index in [9.17, 15) is 9.59 Å². The van der Waals surface area contributed by atoms with Crippen LogP contribution in [0.3, 0.4) is 0 Å². The highest BCUT2D eigenvalue weighted by molar-refractivity contribution is 5.93. The van der Waals surface area contributed by atoms with Gasteiger partial charge in [0.2, 0.25) is 0 Å². The molecule has 5 atom stereocenters. The number of carbonyl (C=O) groups excluding carboxylic acids is 2. The minimum atomic E-state index is -0.361. The molecule has 0 bridgehead atoms. The van der Waals surface area contributed by atoms with Crippen molar-refractivity contribution < 1.29 is 14.3 Å². The standard InChI is InChI=1S/C26H38O3/c1-16(29-24(2,3)4)23(28)26(6)14-12-22-21-9-7-17-15-18(27)8-10-19(17)20(21)11-13-25(22,26)5/h15-16,21-22H,7-14H2,1-6H3. The van der Waals surface area contributed by atoms with Crippen LogP contribution in [-0.4, -0.2) is 23.3 Å². The van der Waals surface area contributed by atoms with Gasteiger partial charge in [-0.2, -0.15) is 0 Å². The van der Waals surface area contributed by atoms with E-state index < -0.39 is 0 Å². The lowest BCUT2D eigenvalue weighted by Crippen LogP contribution is -2.51. The summed E-state index contributed by atoms with van der Waals surface area (Å²) in [6.07, 6.45) is 9.65. The molecule has 0 amide bonds. The number of ether oxygens (including phenoxy) is 1. The normalized spacial score (nSPS) is 38.1.